The van der Waals surface area contributed by atoms with E-state index >= 15 is 0 Å². The molecule has 322 valence electrons. The molecule has 2 aromatic heterocycles. The highest BCUT2D eigenvalue weighted by Gasteiger charge is 2.50. The third-order valence-electron chi connectivity index (χ3n) is 7.65. The van der Waals surface area contributed by atoms with Crippen molar-refractivity contribution in [1.82, 2.24) is 30.2 Å². The van der Waals surface area contributed by atoms with Gasteiger partial charge >= 0.3 is 23.5 Å². The molecule has 57 heavy (non-hydrogen) atoms. The number of phosphoric acid groups is 3. The molecule has 29 heteroatoms. The summed E-state index contributed by atoms with van der Waals surface area (Å²) < 4.78 is 62.8. The normalized spacial score (nSPS) is 21.9. The van der Waals surface area contributed by atoms with Crippen LogP contribution in [0.15, 0.2) is 24.8 Å². The Morgan fingerprint density at radius 2 is 1.74 bits per heavy atom. The Hall–Kier alpha value is -2.74. The molecule has 1 fully saturated rings. The zero-order chi connectivity index (χ0) is 43.0. The number of nitrogens with two attached hydrogens (primary N) is 1. The number of likely N-dealkylation sites (N-methyl/N-ethyl adjacent to an activating group) is 1. The van der Waals surface area contributed by atoms with E-state index in [4.69, 9.17) is 19.5 Å². The number of phosphoric ester groups is 3. The summed E-state index contributed by atoms with van der Waals surface area (Å²) in [4.78, 5) is 87.5. The number of thioether (sulfide) groups is 1. The van der Waals surface area contributed by atoms with E-state index in [2.05, 4.69) is 34.4 Å². The first kappa shape index (κ1) is 48.6. The lowest BCUT2D eigenvalue weighted by atomic mass is 9.87. The number of rotatable bonds is 22. The maximum atomic E-state index is 12.7. The second-order valence-corrected chi connectivity index (χ2v) is 19.4. The molecule has 0 spiro atoms. The summed E-state index contributed by atoms with van der Waals surface area (Å²) >= 11 is 1.03. The SMILES string of the molecule is CC(C)(COP(=O)(O)OP(=O)(O)OC[C@H]1O[C@@H](n2cnc3c(N)ncnc32)[C@H](O)[C@@H]1OP(=O)(O)O)[C@@H](O)C(=O)NCCC(=O)NCCSC(=O)/C=C/C[N+](C)(C)C. The summed E-state index contributed by atoms with van der Waals surface area (Å²) in [5.74, 6) is -1.14. The van der Waals surface area contributed by atoms with Crippen molar-refractivity contribution in [3.63, 3.8) is 0 Å². The molecule has 0 saturated carbocycles. The number of aliphatic hydroxyl groups is 2. The lowest BCUT2D eigenvalue weighted by Crippen LogP contribution is -2.46. The minimum absolute atomic E-state index is 0.0297. The molecule has 1 aliphatic heterocycles. The quantitative estimate of drug-likeness (QED) is 0.0294. The zero-order valence-electron chi connectivity index (χ0n) is 31.4. The molecule has 10 N–H and O–H groups in total. The van der Waals surface area contributed by atoms with E-state index in [-0.39, 0.29) is 41.6 Å². The van der Waals surface area contributed by atoms with E-state index in [0.717, 1.165) is 29.0 Å². The van der Waals surface area contributed by atoms with Gasteiger partial charge in [-0.25, -0.2) is 28.6 Å². The lowest BCUT2D eigenvalue weighted by molar-refractivity contribution is -0.864. The molecular formula is C28H48N8O17P3S+. The van der Waals surface area contributed by atoms with Crippen LogP contribution >= 0.6 is 35.2 Å². The van der Waals surface area contributed by atoms with Crippen molar-refractivity contribution in [2.45, 2.75) is 50.9 Å². The maximum absolute atomic E-state index is 12.7. The Morgan fingerprint density at radius 1 is 1.07 bits per heavy atom. The van der Waals surface area contributed by atoms with Gasteiger partial charge in [-0.3, -0.25) is 32.5 Å². The number of nitrogens with zero attached hydrogens (tertiary/aromatic N) is 5. The highest BCUT2D eigenvalue weighted by atomic mass is 32.2. The molecule has 1 aliphatic rings. The van der Waals surface area contributed by atoms with Crippen LogP contribution < -0.4 is 16.4 Å². The first-order valence-electron chi connectivity index (χ1n) is 16.7. The Balaban J connectivity index is 1.47. The number of amides is 2. The van der Waals surface area contributed by atoms with Gasteiger partial charge in [-0.05, 0) is 12.2 Å². The fourth-order valence-corrected chi connectivity index (χ4v) is 8.22. The fourth-order valence-electron chi connectivity index (χ4n) is 4.80. The van der Waals surface area contributed by atoms with Gasteiger partial charge < -0.3 is 55.4 Å². The smallest absolute Gasteiger partial charge is 0.386 e. The molecule has 0 aromatic carbocycles. The average Bonchev–Trinajstić information content (AvgIpc) is 3.64. The van der Waals surface area contributed by atoms with Gasteiger partial charge in [0.15, 0.2) is 17.7 Å². The van der Waals surface area contributed by atoms with Crippen LogP contribution in [0.25, 0.3) is 11.2 Å². The maximum Gasteiger partial charge on any atom is 0.481 e. The van der Waals surface area contributed by atoms with Gasteiger partial charge in [-0.15, -0.1) is 0 Å². The van der Waals surface area contributed by atoms with Crippen molar-refractivity contribution in [2.75, 3.05) is 65.5 Å². The van der Waals surface area contributed by atoms with Crippen molar-refractivity contribution in [2.24, 2.45) is 5.41 Å². The van der Waals surface area contributed by atoms with Crippen LogP contribution in [-0.2, 0) is 50.7 Å². The summed E-state index contributed by atoms with van der Waals surface area (Å²) in [6, 6.07) is 0. The largest absolute Gasteiger partial charge is 0.481 e. The predicted molar refractivity (Wildman–Crippen MR) is 199 cm³/mol. The molecule has 0 radical (unpaired) electrons. The molecule has 3 heterocycles. The van der Waals surface area contributed by atoms with Crippen molar-refractivity contribution >= 4 is 69.1 Å². The topological polar surface area (TPSA) is 364 Å². The molecule has 25 nitrogen and oxygen atoms in total. The van der Waals surface area contributed by atoms with E-state index in [0.29, 0.717) is 16.8 Å². The van der Waals surface area contributed by atoms with Gasteiger partial charge in [0, 0.05) is 30.7 Å². The van der Waals surface area contributed by atoms with Crippen LogP contribution in [0.1, 0.15) is 26.5 Å². The summed E-state index contributed by atoms with van der Waals surface area (Å²) in [7, 11) is -10.4. The Kier molecular flexibility index (Phi) is 17.1. The second kappa shape index (κ2) is 20.0. The minimum atomic E-state index is -5.57. The van der Waals surface area contributed by atoms with Gasteiger partial charge in [0.1, 0.15) is 36.3 Å². The van der Waals surface area contributed by atoms with Gasteiger partial charge in [-0.2, -0.15) is 4.31 Å². The van der Waals surface area contributed by atoms with Crippen LogP contribution in [-0.4, -0.2) is 155 Å². The molecule has 3 rings (SSSR count). The third kappa shape index (κ3) is 15.8. The van der Waals surface area contributed by atoms with Crippen LogP contribution in [0.4, 0.5) is 5.82 Å². The Bertz CT molecular complexity index is 1910. The molecule has 1 saturated heterocycles. The number of quaternary nitrogens is 1. The molecule has 2 aromatic rings. The standard InChI is InChI=1S/C28H47N8O17P3S/c1-28(2,23(40)26(41)31-9-8-18(37)30-10-12-57-19(38)7-6-11-36(3,4)5)14-50-56(47,48)53-55(45,46)49-13-17-22(52-54(42,43)44)21(39)27(51-17)35-16-34-20-24(29)32-15-33-25(20)35/h6-7,15-17,21-23,27,39-40H,8-14H2,1-5H3,(H7-,29,30,31,32,33,37,41,42,43,44,45,46,47,48)/p+1/b7-6+/t17-,21-,22-,23+,27-/m1/s1. The van der Waals surface area contributed by atoms with Crippen molar-refractivity contribution < 1.29 is 85.0 Å². The van der Waals surface area contributed by atoms with Crippen LogP contribution in [0.5, 0.6) is 0 Å². The van der Waals surface area contributed by atoms with Crippen LogP contribution in [0, 0.1) is 5.41 Å². The molecule has 2 amide bonds. The Morgan fingerprint density at radius 3 is 2.39 bits per heavy atom. The number of carbonyl (C=O) groups is 3. The highest BCUT2D eigenvalue weighted by Crippen LogP contribution is 2.61. The van der Waals surface area contributed by atoms with Crippen molar-refractivity contribution in [3.05, 3.63) is 24.8 Å². The molecular weight excluding hydrogens is 845 g/mol. The second-order valence-electron chi connectivity index (χ2n) is 14.1. The number of imidazole rings is 1. The van der Waals surface area contributed by atoms with Crippen LogP contribution in [0.2, 0.25) is 0 Å². The van der Waals surface area contributed by atoms with E-state index in [1.807, 2.05) is 21.1 Å². The number of anilines is 1. The number of nitrogens with one attached hydrogen (secondary N) is 2. The monoisotopic (exact) mass is 893 g/mol. The van der Waals surface area contributed by atoms with Crippen LogP contribution in [0.3, 0.4) is 0 Å². The Labute approximate surface area is 330 Å². The number of ether oxygens (including phenoxy) is 1. The minimum Gasteiger partial charge on any atom is -0.386 e. The number of nitrogen functional groups attached to an aromatic ring is 1. The fraction of sp³-hybridized carbons (Fsp3) is 0.643. The molecule has 0 bridgehead atoms. The van der Waals surface area contributed by atoms with Gasteiger partial charge in [0.25, 0.3) is 0 Å². The number of hydrogen-bond donors (Lipinski definition) is 9. The number of aliphatic hydroxyl groups excluding tert-OH is 2. The zero-order valence-corrected chi connectivity index (χ0v) is 34.9. The molecule has 7 atom stereocenters. The van der Waals surface area contributed by atoms with Crippen molar-refractivity contribution in [1.29, 1.82) is 0 Å². The summed E-state index contributed by atoms with van der Waals surface area (Å²) in [5, 5.41) is 26.2. The lowest BCUT2D eigenvalue weighted by Gasteiger charge is -2.30. The van der Waals surface area contributed by atoms with E-state index in [1.54, 1.807) is 6.08 Å². The number of fused-ring (bicyclic) bond motifs is 1. The van der Waals surface area contributed by atoms with E-state index < -0.39 is 84.6 Å². The van der Waals surface area contributed by atoms with E-state index in [1.165, 1.54) is 19.9 Å². The molecule has 0 aliphatic carbocycles. The summed E-state index contributed by atoms with van der Waals surface area (Å²) in [5.41, 5.74) is 4.26. The highest BCUT2D eigenvalue weighted by molar-refractivity contribution is 8.14. The molecule has 2 unspecified atom stereocenters. The van der Waals surface area contributed by atoms with Gasteiger partial charge in [-0.1, -0.05) is 25.6 Å². The van der Waals surface area contributed by atoms with Gasteiger partial charge in [0.2, 0.25) is 16.9 Å². The summed E-state index contributed by atoms with van der Waals surface area (Å²) in [6.45, 7) is 1.14. The van der Waals surface area contributed by atoms with Gasteiger partial charge in [0.05, 0.1) is 47.2 Å². The first-order valence-corrected chi connectivity index (χ1v) is 22.2. The third-order valence-corrected chi connectivity index (χ3v) is 11.6. The predicted octanol–water partition coefficient (Wildman–Crippen LogP) is -1.07. The first-order chi connectivity index (χ1) is 26.2. The number of aromatic nitrogens is 4. The number of hydrogen-bond acceptors (Lipinski definition) is 18. The van der Waals surface area contributed by atoms with E-state index in [9.17, 15) is 57.9 Å². The summed E-state index contributed by atoms with van der Waals surface area (Å²) in [6.07, 6.45) is -3.69. The van der Waals surface area contributed by atoms with Crippen molar-refractivity contribution in [3.8, 4) is 0 Å². The average molecular weight is 894 g/mol. The number of carbonyl (C=O) groups excluding carboxylic acids is 3.